The van der Waals surface area contributed by atoms with Gasteiger partial charge in [-0.2, -0.15) is 4.31 Å². The van der Waals surface area contributed by atoms with Crippen molar-refractivity contribution in [1.29, 1.82) is 0 Å². The third-order valence-corrected chi connectivity index (χ3v) is 9.28. The average Bonchev–Trinajstić information content (AvgIpc) is 3.46. The van der Waals surface area contributed by atoms with Gasteiger partial charge in [0.25, 0.3) is 5.91 Å². The van der Waals surface area contributed by atoms with Crippen LogP contribution in [0.25, 0.3) is 0 Å². The van der Waals surface area contributed by atoms with Crippen molar-refractivity contribution in [3.63, 3.8) is 0 Å². The number of hydrogen-bond acceptors (Lipinski definition) is 5. The highest BCUT2D eigenvalue weighted by molar-refractivity contribution is 7.89. The number of likely N-dealkylation sites (tertiary alicyclic amines) is 2. The van der Waals surface area contributed by atoms with Crippen LogP contribution in [0.15, 0.2) is 16.3 Å². The normalized spacial score (nSPS) is 22.2. The van der Waals surface area contributed by atoms with Gasteiger partial charge in [-0.1, -0.05) is 6.42 Å². The molecule has 3 saturated heterocycles. The van der Waals surface area contributed by atoms with Crippen LogP contribution < -0.4 is 0 Å². The third kappa shape index (κ3) is 4.22. The Bertz CT molecular complexity index is 847. The molecular formula is C20H29N3O4S2. The lowest BCUT2D eigenvalue weighted by Gasteiger charge is -2.33. The van der Waals surface area contributed by atoms with Gasteiger partial charge < -0.3 is 9.80 Å². The van der Waals surface area contributed by atoms with Crippen molar-refractivity contribution in [2.45, 2.75) is 49.8 Å². The molecule has 0 aromatic carbocycles. The molecule has 3 aliphatic rings. The molecule has 3 aliphatic heterocycles. The zero-order chi connectivity index (χ0) is 20.4. The molecule has 1 aromatic heterocycles. The first-order valence-corrected chi connectivity index (χ1v) is 13.0. The van der Waals surface area contributed by atoms with E-state index in [1.807, 2.05) is 4.90 Å². The Morgan fingerprint density at radius 2 is 1.48 bits per heavy atom. The molecule has 29 heavy (non-hydrogen) atoms. The van der Waals surface area contributed by atoms with E-state index in [9.17, 15) is 18.0 Å². The van der Waals surface area contributed by atoms with Crippen molar-refractivity contribution in [1.82, 2.24) is 14.1 Å². The van der Waals surface area contributed by atoms with Crippen LogP contribution in [0.3, 0.4) is 0 Å². The van der Waals surface area contributed by atoms with Gasteiger partial charge in [-0.05, 0) is 50.0 Å². The number of sulfonamides is 1. The Morgan fingerprint density at radius 1 is 0.862 bits per heavy atom. The van der Waals surface area contributed by atoms with Gasteiger partial charge in [0.05, 0.1) is 0 Å². The summed E-state index contributed by atoms with van der Waals surface area (Å²) in [6.07, 6.45) is 6.25. The summed E-state index contributed by atoms with van der Waals surface area (Å²) in [6.45, 7) is 3.76. The first-order valence-electron chi connectivity index (χ1n) is 10.6. The van der Waals surface area contributed by atoms with Crippen molar-refractivity contribution >= 4 is 33.2 Å². The maximum Gasteiger partial charge on any atom is 0.265 e. The monoisotopic (exact) mass is 439 g/mol. The van der Waals surface area contributed by atoms with Crippen molar-refractivity contribution in [3.8, 4) is 0 Å². The van der Waals surface area contributed by atoms with Gasteiger partial charge in [0.15, 0.2) is 0 Å². The summed E-state index contributed by atoms with van der Waals surface area (Å²) >= 11 is 1.20. The van der Waals surface area contributed by atoms with Crippen LogP contribution in [0, 0.1) is 5.92 Å². The molecule has 0 unspecified atom stereocenters. The number of hydrogen-bond donors (Lipinski definition) is 0. The SMILES string of the molecule is O=C(c1sccc1S(=O)(=O)N1CCCCC1)N1CCC(C(=O)N2CCCC2)CC1. The molecule has 160 valence electrons. The fraction of sp³-hybridized carbons (Fsp3) is 0.700. The summed E-state index contributed by atoms with van der Waals surface area (Å²) in [5, 5.41) is 1.69. The van der Waals surface area contributed by atoms with E-state index in [0.29, 0.717) is 43.9 Å². The van der Waals surface area contributed by atoms with Crippen LogP contribution >= 0.6 is 11.3 Å². The van der Waals surface area contributed by atoms with E-state index in [1.165, 1.54) is 15.6 Å². The van der Waals surface area contributed by atoms with E-state index in [0.717, 1.165) is 45.2 Å². The minimum Gasteiger partial charge on any atom is -0.342 e. The Kier molecular flexibility index (Phi) is 6.27. The Hall–Kier alpha value is -1.45. The van der Waals surface area contributed by atoms with Crippen molar-refractivity contribution in [2.24, 2.45) is 5.92 Å². The van der Waals surface area contributed by atoms with E-state index in [1.54, 1.807) is 16.3 Å². The highest BCUT2D eigenvalue weighted by Crippen LogP contribution is 2.30. The van der Waals surface area contributed by atoms with Crippen molar-refractivity contribution in [2.75, 3.05) is 39.3 Å². The van der Waals surface area contributed by atoms with E-state index in [-0.39, 0.29) is 22.6 Å². The molecular weight excluding hydrogens is 410 g/mol. The topological polar surface area (TPSA) is 78.0 Å². The van der Waals surface area contributed by atoms with E-state index in [2.05, 4.69) is 0 Å². The van der Waals surface area contributed by atoms with Crippen LogP contribution in [0.5, 0.6) is 0 Å². The molecule has 0 aliphatic carbocycles. The van der Waals surface area contributed by atoms with Crippen LogP contribution in [0.1, 0.15) is 54.6 Å². The second-order valence-electron chi connectivity index (χ2n) is 8.18. The zero-order valence-electron chi connectivity index (χ0n) is 16.7. The maximum atomic E-state index is 13.1. The molecule has 4 rings (SSSR count). The summed E-state index contributed by atoms with van der Waals surface area (Å²) in [4.78, 5) is 29.8. The van der Waals surface area contributed by atoms with Gasteiger partial charge in [0.2, 0.25) is 15.9 Å². The first-order chi connectivity index (χ1) is 14.0. The van der Waals surface area contributed by atoms with E-state index in [4.69, 9.17) is 0 Å². The summed E-state index contributed by atoms with van der Waals surface area (Å²) in [6, 6.07) is 1.56. The molecule has 2 amide bonds. The molecule has 0 N–H and O–H groups in total. The fourth-order valence-electron chi connectivity index (χ4n) is 4.57. The number of rotatable bonds is 4. The first kappa shape index (κ1) is 20.8. The van der Waals surface area contributed by atoms with Gasteiger partial charge >= 0.3 is 0 Å². The van der Waals surface area contributed by atoms with Gasteiger partial charge in [0, 0.05) is 45.2 Å². The van der Waals surface area contributed by atoms with Gasteiger partial charge in [0.1, 0.15) is 9.77 Å². The predicted octanol–water partition coefficient (Wildman–Crippen LogP) is 2.40. The molecule has 7 nitrogen and oxygen atoms in total. The Balaban J connectivity index is 1.42. The molecule has 0 bridgehead atoms. The summed E-state index contributed by atoms with van der Waals surface area (Å²) < 4.78 is 27.6. The van der Waals surface area contributed by atoms with Crippen LogP contribution in [0.2, 0.25) is 0 Å². The minimum atomic E-state index is -3.63. The zero-order valence-corrected chi connectivity index (χ0v) is 18.3. The molecule has 1 aromatic rings. The second-order valence-corrected chi connectivity index (χ2v) is 11.0. The number of nitrogens with zero attached hydrogens (tertiary/aromatic N) is 3. The molecule has 0 atom stereocenters. The summed E-state index contributed by atoms with van der Waals surface area (Å²) in [7, 11) is -3.63. The molecule has 9 heteroatoms. The smallest absolute Gasteiger partial charge is 0.265 e. The van der Waals surface area contributed by atoms with Gasteiger partial charge in [-0.3, -0.25) is 9.59 Å². The third-order valence-electron chi connectivity index (χ3n) is 6.31. The molecule has 3 fully saturated rings. The standard InChI is InChI=1S/C20H29N3O4S2/c24-19(21-9-4-5-10-21)16-6-13-22(14-7-16)20(25)18-17(8-15-28-18)29(26,27)23-11-2-1-3-12-23/h8,15-16H,1-7,9-14H2. The van der Waals surface area contributed by atoms with E-state index < -0.39 is 10.0 Å². The van der Waals surface area contributed by atoms with Gasteiger partial charge in [-0.25, -0.2) is 8.42 Å². The number of carbonyl (C=O) groups is 2. The summed E-state index contributed by atoms with van der Waals surface area (Å²) in [5.41, 5.74) is 0. The Labute approximate surface area is 176 Å². The lowest BCUT2D eigenvalue weighted by molar-refractivity contribution is -0.135. The molecule has 0 saturated carbocycles. The lowest BCUT2D eigenvalue weighted by Crippen LogP contribution is -2.44. The van der Waals surface area contributed by atoms with Gasteiger partial charge in [-0.15, -0.1) is 11.3 Å². The molecule has 0 spiro atoms. The van der Waals surface area contributed by atoms with Crippen LogP contribution in [0.4, 0.5) is 0 Å². The number of carbonyl (C=O) groups excluding carboxylic acids is 2. The largest absolute Gasteiger partial charge is 0.342 e. The van der Waals surface area contributed by atoms with Crippen molar-refractivity contribution < 1.29 is 18.0 Å². The van der Waals surface area contributed by atoms with E-state index >= 15 is 0 Å². The lowest BCUT2D eigenvalue weighted by atomic mass is 9.95. The van der Waals surface area contributed by atoms with Crippen LogP contribution in [-0.4, -0.2) is 73.6 Å². The number of amides is 2. The Morgan fingerprint density at radius 3 is 2.14 bits per heavy atom. The summed E-state index contributed by atoms with van der Waals surface area (Å²) in [5.74, 6) is -0.0150. The molecule has 4 heterocycles. The highest BCUT2D eigenvalue weighted by atomic mass is 32.2. The molecule has 0 radical (unpaired) electrons. The quantitative estimate of drug-likeness (QED) is 0.722. The average molecular weight is 440 g/mol. The number of thiophene rings is 1. The highest BCUT2D eigenvalue weighted by Gasteiger charge is 2.35. The van der Waals surface area contributed by atoms with Crippen LogP contribution in [-0.2, 0) is 14.8 Å². The second kappa shape index (κ2) is 8.73. The number of piperidine rings is 2. The van der Waals surface area contributed by atoms with Crippen molar-refractivity contribution in [3.05, 3.63) is 16.3 Å². The predicted molar refractivity (Wildman–Crippen MR) is 111 cm³/mol. The minimum absolute atomic E-state index is 0.0166. The maximum absolute atomic E-state index is 13.1. The fourth-order valence-corrected chi connectivity index (χ4v) is 7.45.